The molecule has 1 saturated carbocycles. The van der Waals surface area contributed by atoms with E-state index in [1.807, 2.05) is 0 Å². The predicted octanol–water partition coefficient (Wildman–Crippen LogP) is 3.32. The fourth-order valence-electron chi connectivity index (χ4n) is 2.76. The molecule has 0 amide bonds. The van der Waals surface area contributed by atoms with Crippen molar-refractivity contribution in [3.8, 4) is 0 Å². The highest BCUT2D eigenvalue weighted by Crippen LogP contribution is 2.28. The van der Waals surface area contributed by atoms with Crippen LogP contribution in [0.4, 0.5) is 0 Å². The molecule has 0 spiro atoms. The van der Waals surface area contributed by atoms with Gasteiger partial charge < -0.3 is 10.5 Å². The Bertz CT molecular complexity index is 480. The minimum Gasteiger partial charge on any atom is -0.466 e. The fraction of sp³-hybridized carbons (Fsp3) is 0.500. The number of esters is 1. The van der Waals surface area contributed by atoms with Crippen molar-refractivity contribution in [2.24, 2.45) is 11.7 Å². The summed E-state index contributed by atoms with van der Waals surface area (Å²) in [5.74, 6) is 0.496. The van der Waals surface area contributed by atoms with Gasteiger partial charge in [0.2, 0.25) is 0 Å². The molecule has 0 aliphatic heterocycles. The molecule has 0 aromatic heterocycles. The van der Waals surface area contributed by atoms with Crippen LogP contribution in [0.2, 0.25) is 0 Å². The van der Waals surface area contributed by atoms with Crippen LogP contribution in [-0.4, -0.2) is 19.1 Å². The van der Waals surface area contributed by atoms with Gasteiger partial charge in [0.25, 0.3) is 0 Å². The van der Waals surface area contributed by atoms with Crippen molar-refractivity contribution in [1.29, 1.82) is 0 Å². The third kappa shape index (κ3) is 5.35. The van der Waals surface area contributed by atoms with Crippen molar-refractivity contribution >= 4 is 12.0 Å². The molecule has 2 rings (SSSR count). The normalized spacial score (nSPS) is 18.4. The summed E-state index contributed by atoms with van der Waals surface area (Å²) < 4.78 is 4.96. The summed E-state index contributed by atoms with van der Waals surface area (Å²) in [5, 5.41) is 0. The van der Waals surface area contributed by atoms with E-state index in [1.54, 1.807) is 0 Å². The van der Waals surface area contributed by atoms with Gasteiger partial charge in [-0.3, -0.25) is 4.79 Å². The smallest absolute Gasteiger partial charge is 0.302 e. The van der Waals surface area contributed by atoms with Gasteiger partial charge in [-0.1, -0.05) is 35.9 Å². The molecule has 0 heterocycles. The molecule has 0 unspecified atom stereocenters. The highest BCUT2D eigenvalue weighted by molar-refractivity contribution is 5.65. The maximum atomic E-state index is 10.7. The van der Waals surface area contributed by atoms with E-state index in [2.05, 4.69) is 30.3 Å². The maximum Gasteiger partial charge on any atom is 0.302 e. The summed E-state index contributed by atoms with van der Waals surface area (Å²) in [4.78, 5) is 10.7. The molecule has 1 aromatic rings. The van der Waals surface area contributed by atoms with Gasteiger partial charge in [0.1, 0.15) is 0 Å². The number of nitrogens with two attached hydrogens (primary N) is 1. The van der Waals surface area contributed by atoms with Gasteiger partial charge in [0.05, 0.1) is 6.61 Å². The number of hydrogen-bond acceptors (Lipinski definition) is 3. The first-order valence-corrected chi connectivity index (χ1v) is 7.79. The van der Waals surface area contributed by atoms with Gasteiger partial charge in [0.15, 0.2) is 0 Å². The lowest BCUT2D eigenvalue weighted by molar-refractivity contribution is -0.140. The molecule has 0 atom stereocenters. The van der Waals surface area contributed by atoms with E-state index in [4.69, 9.17) is 10.5 Å². The number of carbonyl (C=O) groups is 1. The molecule has 1 aromatic carbocycles. The zero-order valence-electron chi connectivity index (χ0n) is 12.8. The third-order valence-corrected chi connectivity index (χ3v) is 4.13. The highest BCUT2D eigenvalue weighted by atomic mass is 16.5. The minimum absolute atomic E-state index is 0.218. The van der Waals surface area contributed by atoms with Gasteiger partial charge in [-0.15, -0.1) is 0 Å². The SMILES string of the molecule is CC(=O)OCCc1ccc(C=C2CCC(CN)CC2)cc1. The van der Waals surface area contributed by atoms with Crippen LogP contribution in [0.5, 0.6) is 0 Å². The molecular weight excluding hydrogens is 262 g/mol. The van der Waals surface area contributed by atoms with Crippen LogP contribution < -0.4 is 5.73 Å². The molecule has 0 radical (unpaired) electrons. The first kappa shape index (κ1) is 15.8. The minimum atomic E-state index is -0.218. The fourth-order valence-corrected chi connectivity index (χ4v) is 2.76. The van der Waals surface area contributed by atoms with E-state index in [0.717, 1.165) is 13.0 Å². The largest absolute Gasteiger partial charge is 0.466 e. The monoisotopic (exact) mass is 287 g/mol. The average Bonchev–Trinajstić information content (AvgIpc) is 2.49. The van der Waals surface area contributed by atoms with Crippen molar-refractivity contribution < 1.29 is 9.53 Å². The summed E-state index contributed by atoms with van der Waals surface area (Å²) in [5.41, 5.74) is 9.72. The summed E-state index contributed by atoms with van der Waals surface area (Å²) in [6.45, 7) is 2.72. The first-order chi connectivity index (χ1) is 10.2. The van der Waals surface area contributed by atoms with E-state index in [-0.39, 0.29) is 5.97 Å². The summed E-state index contributed by atoms with van der Waals surface area (Å²) in [6.07, 6.45) is 7.88. The number of ether oxygens (including phenoxy) is 1. The Morgan fingerprint density at radius 2 is 1.95 bits per heavy atom. The van der Waals surface area contributed by atoms with Gasteiger partial charge in [-0.05, 0) is 49.3 Å². The lowest BCUT2D eigenvalue weighted by atomic mass is 9.85. The van der Waals surface area contributed by atoms with Crippen LogP contribution in [0.3, 0.4) is 0 Å². The molecule has 0 bridgehead atoms. The lowest BCUT2D eigenvalue weighted by Gasteiger charge is -2.22. The Kier molecular flexibility index (Phi) is 6.00. The van der Waals surface area contributed by atoms with Crippen LogP contribution in [0.15, 0.2) is 29.8 Å². The quantitative estimate of drug-likeness (QED) is 0.845. The van der Waals surface area contributed by atoms with Gasteiger partial charge in [0, 0.05) is 13.3 Å². The van der Waals surface area contributed by atoms with Crippen molar-refractivity contribution in [3.05, 3.63) is 41.0 Å². The third-order valence-electron chi connectivity index (χ3n) is 4.13. The van der Waals surface area contributed by atoms with Gasteiger partial charge >= 0.3 is 5.97 Å². The number of rotatable bonds is 5. The molecule has 1 aliphatic rings. The second-order valence-corrected chi connectivity index (χ2v) is 5.81. The average molecular weight is 287 g/mol. The van der Waals surface area contributed by atoms with Gasteiger partial charge in [-0.2, -0.15) is 0 Å². The Balaban J connectivity index is 1.86. The Hall–Kier alpha value is -1.61. The van der Waals surface area contributed by atoms with Crippen LogP contribution >= 0.6 is 0 Å². The van der Waals surface area contributed by atoms with Crippen molar-refractivity contribution in [2.75, 3.05) is 13.2 Å². The standard InChI is InChI=1S/C18H25NO2/c1-14(20)21-11-10-15-2-4-16(5-3-15)12-17-6-8-18(13-19)9-7-17/h2-5,12,18H,6-11,13,19H2,1H3. The molecule has 1 aliphatic carbocycles. The molecule has 0 saturated heterocycles. The van der Waals surface area contributed by atoms with Crippen LogP contribution in [-0.2, 0) is 16.0 Å². The first-order valence-electron chi connectivity index (χ1n) is 7.79. The number of hydrogen-bond donors (Lipinski definition) is 1. The summed E-state index contributed by atoms with van der Waals surface area (Å²) >= 11 is 0. The molecule has 114 valence electrons. The highest BCUT2D eigenvalue weighted by Gasteiger charge is 2.14. The molecule has 21 heavy (non-hydrogen) atoms. The lowest BCUT2D eigenvalue weighted by Crippen LogP contribution is -2.17. The van der Waals surface area contributed by atoms with E-state index in [9.17, 15) is 4.79 Å². The number of allylic oxidation sites excluding steroid dienone is 1. The van der Waals surface area contributed by atoms with Crippen molar-refractivity contribution in [2.45, 2.75) is 39.0 Å². The van der Waals surface area contributed by atoms with E-state index < -0.39 is 0 Å². The molecular formula is C18H25NO2. The predicted molar refractivity (Wildman–Crippen MR) is 85.8 cm³/mol. The summed E-state index contributed by atoms with van der Waals surface area (Å²) in [7, 11) is 0. The number of benzene rings is 1. The second-order valence-electron chi connectivity index (χ2n) is 5.81. The van der Waals surface area contributed by atoms with Crippen LogP contribution in [0.1, 0.15) is 43.7 Å². The van der Waals surface area contributed by atoms with Crippen LogP contribution in [0.25, 0.3) is 6.08 Å². The molecule has 2 N–H and O–H groups in total. The molecule has 1 fully saturated rings. The van der Waals surface area contributed by atoms with E-state index >= 15 is 0 Å². The zero-order chi connectivity index (χ0) is 15.1. The van der Waals surface area contributed by atoms with E-state index in [0.29, 0.717) is 12.5 Å². The van der Waals surface area contributed by atoms with Gasteiger partial charge in [-0.25, -0.2) is 0 Å². The maximum absolute atomic E-state index is 10.7. The Labute approximate surface area is 127 Å². The number of carbonyl (C=O) groups excluding carboxylic acids is 1. The molecule has 3 nitrogen and oxygen atoms in total. The molecule has 3 heteroatoms. The van der Waals surface area contributed by atoms with Crippen LogP contribution in [0, 0.1) is 5.92 Å². The summed E-state index contributed by atoms with van der Waals surface area (Å²) in [6, 6.07) is 8.51. The Morgan fingerprint density at radius 3 is 2.52 bits per heavy atom. The van der Waals surface area contributed by atoms with Crippen molar-refractivity contribution in [3.63, 3.8) is 0 Å². The second kappa shape index (κ2) is 7.99. The zero-order valence-corrected chi connectivity index (χ0v) is 12.8. The topological polar surface area (TPSA) is 52.3 Å². The van der Waals surface area contributed by atoms with Crippen molar-refractivity contribution in [1.82, 2.24) is 0 Å². The van der Waals surface area contributed by atoms with E-state index in [1.165, 1.54) is 49.3 Å². The Morgan fingerprint density at radius 1 is 1.29 bits per heavy atom.